The molecule has 6 nitrogen and oxygen atoms in total. The van der Waals surface area contributed by atoms with Crippen LogP contribution < -0.4 is 5.56 Å². The van der Waals surface area contributed by atoms with Gasteiger partial charge in [-0.15, -0.1) is 0 Å². The Morgan fingerprint density at radius 2 is 1.94 bits per heavy atom. The van der Waals surface area contributed by atoms with Crippen molar-refractivity contribution in [3.05, 3.63) is 52.5 Å². The Balaban J connectivity index is 1.60. The molecular formula is C22H19F5N4O2. The molecule has 0 spiro atoms. The molecule has 1 saturated heterocycles. The molecule has 5 rings (SSSR count). The van der Waals surface area contributed by atoms with Gasteiger partial charge in [0.05, 0.1) is 24.0 Å². The smallest absolute Gasteiger partial charge is 0.335 e. The minimum atomic E-state index is -4.90. The lowest BCUT2D eigenvalue weighted by atomic mass is 9.99. The Labute approximate surface area is 184 Å². The van der Waals surface area contributed by atoms with E-state index in [2.05, 4.69) is 4.98 Å². The maximum absolute atomic E-state index is 13.8. The molecule has 174 valence electrons. The molecule has 3 aromatic rings. The Morgan fingerprint density at radius 3 is 2.55 bits per heavy atom. The Morgan fingerprint density at radius 1 is 1.24 bits per heavy atom. The number of halogens is 5. The van der Waals surface area contributed by atoms with Gasteiger partial charge in [-0.25, -0.2) is 13.8 Å². The number of benzene rings is 1. The fourth-order valence-corrected chi connectivity index (χ4v) is 4.22. The fraction of sp³-hybridized carbons (Fsp3) is 0.409. The summed E-state index contributed by atoms with van der Waals surface area (Å²) in [5.41, 5.74) is -3.01. The minimum absolute atomic E-state index is 0.0204. The number of amides is 1. The second kappa shape index (κ2) is 7.13. The molecule has 1 aromatic carbocycles. The number of hydrogen-bond donors (Lipinski definition) is 0. The van der Waals surface area contributed by atoms with Gasteiger partial charge in [0.2, 0.25) is 5.91 Å². The van der Waals surface area contributed by atoms with E-state index in [1.807, 2.05) is 0 Å². The van der Waals surface area contributed by atoms with Crippen LogP contribution in [0, 0.1) is 5.82 Å². The second-order valence-corrected chi connectivity index (χ2v) is 8.91. The van der Waals surface area contributed by atoms with Crippen molar-refractivity contribution in [3.63, 3.8) is 0 Å². The molecule has 1 amide bonds. The van der Waals surface area contributed by atoms with Gasteiger partial charge in [-0.2, -0.15) is 13.2 Å². The molecule has 0 unspecified atom stereocenters. The zero-order valence-corrected chi connectivity index (χ0v) is 17.5. The van der Waals surface area contributed by atoms with Crippen LogP contribution in [0.5, 0.6) is 0 Å². The number of nitrogens with zero attached hydrogens (tertiary/aromatic N) is 4. The van der Waals surface area contributed by atoms with E-state index in [1.54, 1.807) is 10.8 Å². The zero-order valence-electron chi connectivity index (χ0n) is 17.5. The number of rotatable bonds is 4. The molecule has 0 bridgehead atoms. The van der Waals surface area contributed by atoms with Crippen LogP contribution in [-0.4, -0.2) is 43.7 Å². The highest BCUT2D eigenvalue weighted by atomic mass is 19.4. The van der Waals surface area contributed by atoms with Crippen LogP contribution in [0.4, 0.5) is 22.0 Å². The SMILES string of the molecule is CC1(F)CN(C(=O)Cn2cnc3c(c(-c4ccc(F)c(C(F)(F)F)c4)cn3C3CC3)c2=O)C1. The predicted molar refractivity (Wildman–Crippen MR) is 109 cm³/mol. The fourth-order valence-electron chi connectivity index (χ4n) is 4.22. The van der Waals surface area contributed by atoms with Crippen molar-refractivity contribution in [2.75, 3.05) is 13.1 Å². The van der Waals surface area contributed by atoms with Gasteiger partial charge in [0.15, 0.2) is 0 Å². The van der Waals surface area contributed by atoms with Crippen LogP contribution in [0.2, 0.25) is 0 Å². The van der Waals surface area contributed by atoms with Crippen molar-refractivity contribution in [1.29, 1.82) is 0 Å². The highest BCUT2D eigenvalue weighted by Crippen LogP contribution is 2.41. The highest BCUT2D eigenvalue weighted by molar-refractivity contribution is 5.94. The van der Waals surface area contributed by atoms with Gasteiger partial charge >= 0.3 is 6.18 Å². The average molecular weight is 466 g/mol. The first-order valence-corrected chi connectivity index (χ1v) is 10.4. The van der Waals surface area contributed by atoms with Gasteiger partial charge in [0.25, 0.3) is 5.56 Å². The maximum Gasteiger partial charge on any atom is 0.419 e. The van der Waals surface area contributed by atoms with E-state index in [1.165, 1.54) is 24.2 Å². The van der Waals surface area contributed by atoms with Gasteiger partial charge in [-0.3, -0.25) is 14.2 Å². The normalized spacial score (nSPS) is 17.9. The number of aromatic nitrogens is 3. The van der Waals surface area contributed by atoms with E-state index in [4.69, 9.17) is 0 Å². The number of carbonyl (C=O) groups excluding carboxylic acids is 1. The molecule has 0 atom stereocenters. The molecule has 33 heavy (non-hydrogen) atoms. The topological polar surface area (TPSA) is 60.1 Å². The van der Waals surface area contributed by atoms with Crippen molar-refractivity contribution in [2.45, 2.75) is 44.2 Å². The van der Waals surface area contributed by atoms with Crippen molar-refractivity contribution in [3.8, 4) is 11.1 Å². The highest BCUT2D eigenvalue weighted by Gasteiger charge is 2.41. The van der Waals surface area contributed by atoms with E-state index in [9.17, 15) is 31.5 Å². The Hall–Kier alpha value is -3.24. The second-order valence-electron chi connectivity index (χ2n) is 8.91. The van der Waals surface area contributed by atoms with E-state index >= 15 is 0 Å². The van der Waals surface area contributed by atoms with Crippen LogP contribution >= 0.6 is 0 Å². The van der Waals surface area contributed by atoms with Crippen LogP contribution in [-0.2, 0) is 17.5 Å². The quantitative estimate of drug-likeness (QED) is 0.548. The molecule has 1 saturated carbocycles. The summed E-state index contributed by atoms with van der Waals surface area (Å²) < 4.78 is 70.1. The summed E-state index contributed by atoms with van der Waals surface area (Å²) in [6.07, 6.45) is -0.463. The van der Waals surface area contributed by atoms with E-state index in [0.717, 1.165) is 17.4 Å². The van der Waals surface area contributed by atoms with E-state index in [0.29, 0.717) is 17.8 Å². The van der Waals surface area contributed by atoms with Gasteiger partial charge < -0.3 is 9.47 Å². The molecular weight excluding hydrogens is 447 g/mol. The van der Waals surface area contributed by atoms with Crippen molar-refractivity contribution in [2.24, 2.45) is 0 Å². The Kier molecular flexibility index (Phi) is 4.67. The summed E-state index contributed by atoms with van der Waals surface area (Å²) in [5, 5.41) is 0.0517. The first kappa shape index (κ1) is 21.6. The molecule has 2 aliphatic rings. The Bertz CT molecular complexity index is 1330. The maximum atomic E-state index is 13.8. The van der Waals surface area contributed by atoms with Gasteiger partial charge in [0, 0.05) is 17.8 Å². The van der Waals surface area contributed by atoms with Crippen molar-refractivity contribution in [1.82, 2.24) is 19.0 Å². The zero-order chi connectivity index (χ0) is 23.7. The molecule has 2 fully saturated rings. The number of carbonyl (C=O) groups is 1. The molecule has 1 aliphatic carbocycles. The van der Waals surface area contributed by atoms with Crippen molar-refractivity contribution >= 4 is 16.9 Å². The largest absolute Gasteiger partial charge is 0.419 e. The molecule has 2 aromatic heterocycles. The average Bonchev–Trinajstić information content (AvgIpc) is 3.48. The van der Waals surface area contributed by atoms with E-state index in [-0.39, 0.29) is 42.2 Å². The first-order valence-electron chi connectivity index (χ1n) is 10.4. The monoisotopic (exact) mass is 466 g/mol. The number of fused-ring (bicyclic) bond motifs is 1. The van der Waals surface area contributed by atoms with Crippen LogP contribution in [0.15, 0.2) is 35.5 Å². The van der Waals surface area contributed by atoms with Crippen LogP contribution in [0.3, 0.4) is 0 Å². The summed E-state index contributed by atoms with van der Waals surface area (Å²) in [6, 6.07) is 2.64. The number of hydrogen-bond acceptors (Lipinski definition) is 3. The van der Waals surface area contributed by atoms with Crippen LogP contribution in [0.1, 0.15) is 31.4 Å². The van der Waals surface area contributed by atoms with Gasteiger partial charge in [-0.1, -0.05) is 6.07 Å². The molecule has 0 N–H and O–H groups in total. The first-order chi connectivity index (χ1) is 15.4. The van der Waals surface area contributed by atoms with Gasteiger partial charge in [0.1, 0.15) is 30.0 Å². The summed E-state index contributed by atoms with van der Waals surface area (Å²) in [6.45, 7) is 0.856. The molecule has 1 aliphatic heterocycles. The summed E-state index contributed by atoms with van der Waals surface area (Å²) >= 11 is 0. The lowest BCUT2D eigenvalue weighted by Gasteiger charge is -2.42. The molecule has 0 radical (unpaired) electrons. The van der Waals surface area contributed by atoms with Crippen molar-refractivity contribution < 1.29 is 26.7 Å². The standard InChI is InChI=1S/C22H19F5N4O2/c1-21(24)9-30(10-21)17(32)8-29-11-28-19-18(20(29)33)14(7-31(19)13-3-4-13)12-2-5-16(23)15(6-12)22(25,26)27/h2,5-7,11,13H,3-4,8-10H2,1H3. The number of alkyl halides is 4. The molecule has 11 heteroatoms. The summed E-state index contributed by atoms with van der Waals surface area (Å²) in [5.74, 6) is -1.87. The lowest BCUT2D eigenvalue weighted by Crippen LogP contribution is -2.60. The van der Waals surface area contributed by atoms with Crippen LogP contribution in [0.25, 0.3) is 22.2 Å². The third-order valence-electron chi connectivity index (χ3n) is 6.02. The summed E-state index contributed by atoms with van der Waals surface area (Å²) in [7, 11) is 0. The van der Waals surface area contributed by atoms with E-state index < -0.39 is 34.7 Å². The number of likely N-dealkylation sites (tertiary alicyclic amines) is 1. The minimum Gasteiger partial charge on any atom is -0.335 e. The lowest BCUT2D eigenvalue weighted by molar-refractivity contribution is -0.144. The third-order valence-corrected chi connectivity index (χ3v) is 6.02. The molecule has 3 heterocycles. The predicted octanol–water partition coefficient (Wildman–Crippen LogP) is 3.93. The third kappa shape index (κ3) is 3.79. The van der Waals surface area contributed by atoms with Gasteiger partial charge in [-0.05, 0) is 37.5 Å². The summed E-state index contributed by atoms with van der Waals surface area (Å²) in [4.78, 5) is 31.3.